The summed E-state index contributed by atoms with van der Waals surface area (Å²) in [4.78, 5) is 46.4. The van der Waals surface area contributed by atoms with Crippen molar-refractivity contribution in [2.24, 2.45) is 11.7 Å². The molecule has 168 valence electrons. The highest BCUT2D eigenvalue weighted by Crippen LogP contribution is 2.34. The number of piperidine rings is 1. The van der Waals surface area contributed by atoms with Gasteiger partial charge in [0, 0.05) is 32.3 Å². The van der Waals surface area contributed by atoms with Gasteiger partial charge in [-0.05, 0) is 31.1 Å². The summed E-state index contributed by atoms with van der Waals surface area (Å²) in [7, 11) is 1.56. The first-order valence-corrected chi connectivity index (χ1v) is 11.4. The first kappa shape index (κ1) is 22.4. The maximum atomic E-state index is 13.4. The number of nitrogens with zero attached hydrogens (tertiary/aromatic N) is 4. The van der Waals surface area contributed by atoms with Crippen molar-refractivity contribution in [2.45, 2.75) is 12.8 Å². The normalized spacial score (nSPS) is 18.8. The molecule has 0 aliphatic carbocycles. The zero-order valence-corrected chi connectivity index (χ0v) is 19.2. The van der Waals surface area contributed by atoms with E-state index in [0.717, 1.165) is 11.8 Å². The number of nitrogens with two attached hydrogens (primary N) is 1. The van der Waals surface area contributed by atoms with Gasteiger partial charge in [-0.15, -0.1) is 0 Å². The van der Waals surface area contributed by atoms with Gasteiger partial charge in [0.1, 0.15) is 15.8 Å². The molecule has 2 aliphatic heterocycles. The van der Waals surface area contributed by atoms with Crippen LogP contribution in [0.2, 0.25) is 0 Å². The quantitative estimate of drug-likeness (QED) is 0.493. The molecule has 2 aromatic rings. The van der Waals surface area contributed by atoms with Gasteiger partial charge >= 0.3 is 0 Å². The molecule has 2 aliphatic rings. The largest absolute Gasteiger partial charge is 0.383 e. The summed E-state index contributed by atoms with van der Waals surface area (Å²) in [5.74, 6) is -0.260. The van der Waals surface area contributed by atoms with Gasteiger partial charge in [0.2, 0.25) is 5.91 Å². The minimum absolute atomic E-state index is 0.187. The van der Waals surface area contributed by atoms with Crippen molar-refractivity contribution in [1.29, 1.82) is 0 Å². The molecule has 9 nitrogen and oxygen atoms in total. The van der Waals surface area contributed by atoms with Crippen molar-refractivity contribution in [2.75, 3.05) is 38.3 Å². The molecule has 0 bridgehead atoms. The van der Waals surface area contributed by atoms with Gasteiger partial charge in [-0.2, -0.15) is 0 Å². The number of thioether (sulfide) groups is 1. The third kappa shape index (κ3) is 4.27. The Morgan fingerprint density at radius 3 is 2.78 bits per heavy atom. The predicted molar refractivity (Wildman–Crippen MR) is 127 cm³/mol. The third-order valence-electron chi connectivity index (χ3n) is 5.61. The lowest BCUT2D eigenvalue weighted by molar-refractivity contribution is -0.123. The number of aromatic nitrogens is 2. The number of primary amides is 1. The van der Waals surface area contributed by atoms with Crippen molar-refractivity contribution in [3.63, 3.8) is 0 Å². The number of rotatable bonds is 6. The maximum absolute atomic E-state index is 13.4. The molecule has 0 atom stereocenters. The zero-order valence-electron chi connectivity index (χ0n) is 17.5. The third-order valence-corrected chi connectivity index (χ3v) is 6.99. The molecule has 11 heteroatoms. The van der Waals surface area contributed by atoms with Crippen LogP contribution >= 0.6 is 24.0 Å². The van der Waals surface area contributed by atoms with Gasteiger partial charge in [-0.1, -0.05) is 30.0 Å². The van der Waals surface area contributed by atoms with Crippen LogP contribution in [0.4, 0.5) is 5.82 Å². The highest BCUT2D eigenvalue weighted by atomic mass is 32.2. The Morgan fingerprint density at radius 1 is 1.34 bits per heavy atom. The molecule has 0 saturated carbocycles. The Hall–Kier alpha value is -2.76. The van der Waals surface area contributed by atoms with E-state index < -0.39 is 0 Å². The van der Waals surface area contributed by atoms with E-state index in [1.807, 2.05) is 11.0 Å². The van der Waals surface area contributed by atoms with E-state index in [4.69, 9.17) is 27.7 Å². The molecule has 32 heavy (non-hydrogen) atoms. The fourth-order valence-electron chi connectivity index (χ4n) is 3.84. The van der Waals surface area contributed by atoms with Crippen LogP contribution in [0, 0.1) is 5.92 Å². The minimum atomic E-state index is -0.309. The second kappa shape index (κ2) is 9.39. The van der Waals surface area contributed by atoms with E-state index in [9.17, 15) is 14.4 Å². The van der Waals surface area contributed by atoms with Crippen LogP contribution in [-0.4, -0.2) is 63.8 Å². The second-order valence-electron chi connectivity index (χ2n) is 7.57. The van der Waals surface area contributed by atoms with Crippen LogP contribution < -0.4 is 16.2 Å². The summed E-state index contributed by atoms with van der Waals surface area (Å²) < 4.78 is 6.94. The Morgan fingerprint density at radius 2 is 2.09 bits per heavy atom. The van der Waals surface area contributed by atoms with Crippen molar-refractivity contribution in [1.82, 2.24) is 14.3 Å². The lowest BCUT2D eigenvalue weighted by atomic mass is 9.96. The fraction of sp³-hybridized carbons (Fsp3) is 0.381. The Labute approximate surface area is 194 Å². The number of ether oxygens (including phenoxy) is 1. The smallest absolute Gasteiger partial charge is 0.267 e. The number of thiocarbonyl (C=S) groups is 1. The zero-order chi connectivity index (χ0) is 22.8. The minimum Gasteiger partial charge on any atom is -0.383 e. The van der Waals surface area contributed by atoms with E-state index in [0.29, 0.717) is 65.3 Å². The van der Waals surface area contributed by atoms with Crippen LogP contribution in [0.5, 0.6) is 0 Å². The standard InChI is InChI=1S/C21H23N5O4S2/c1-30-11-10-26-20(29)15(32-21(26)31)12-14-18(24-8-5-13(6-9-24)17(22)27)23-16-4-2-3-7-25(16)19(14)28/h2-4,7,12-13H,5-6,8-11H2,1H3,(H2,22,27). The Balaban J connectivity index is 1.76. The summed E-state index contributed by atoms with van der Waals surface area (Å²) >= 11 is 6.51. The average Bonchev–Trinajstić information content (AvgIpc) is 3.06. The molecular formula is C21H23N5O4S2. The van der Waals surface area contributed by atoms with Gasteiger partial charge in [-0.25, -0.2) is 4.98 Å². The number of amides is 2. The molecular weight excluding hydrogens is 450 g/mol. The molecule has 2 aromatic heterocycles. The number of carbonyl (C=O) groups is 2. The van der Waals surface area contributed by atoms with E-state index in [-0.39, 0.29) is 23.3 Å². The first-order chi connectivity index (χ1) is 15.4. The van der Waals surface area contributed by atoms with Gasteiger partial charge in [-0.3, -0.25) is 23.7 Å². The summed E-state index contributed by atoms with van der Waals surface area (Å²) in [6.07, 6.45) is 4.40. The SMILES string of the molecule is COCCN1C(=O)C(=Cc2c(N3CCC(C(N)=O)CC3)nc3ccccn3c2=O)SC1=S. The lowest BCUT2D eigenvalue weighted by Crippen LogP contribution is -2.40. The Kier molecular flexibility index (Phi) is 6.58. The topological polar surface area (TPSA) is 110 Å². The molecule has 2 amide bonds. The monoisotopic (exact) mass is 473 g/mol. The lowest BCUT2D eigenvalue weighted by Gasteiger charge is -2.32. The summed E-state index contributed by atoms with van der Waals surface area (Å²) in [6.45, 7) is 1.79. The molecule has 0 radical (unpaired) electrons. The van der Waals surface area contributed by atoms with Crippen molar-refractivity contribution >= 4 is 57.7 Å². The van der Waals surface area contributed by atoms with Crippen LogP contribution in [-0.2, 0) is 14.3 Å². The summed E-state index contributed by atoms with van der Waals surface area (Å²) in [5.41, 5.74) is 6.02. The number of anilines is 1. The molecule has 0 unspecified atom stereocenters. The number of pyridine rings is 1. The predicted octanol–water partition coefficient (Wildman–Crippen LogP) is 1.24. The highest BCUT2D eigenvalue weighted by Gasteiger charge is 2.33. The summed E-state index contributed by atoms with van der Waals surface area (Å²) in [5, 5.41) is 0. The highest BCUT2D eigenvalue weighted by molar-refractivity contribution is 8.26. The number of hydrogen-bond acceptors (Lipinski definition) is 8. The van der Waals surface area contributed by atoms with Crippen LogP contribution in [0.3, 0.4) is 0 Å². The molecule has 2 fully saturated rings. The average molecular weight is 474 g/mol. The molecule has 4 rings (SSSR count). The van der Waals surface area contributed by atoms with Gasteiger partial charge in [0.25, 0.3) is 11.5 Å². The maximum Gasteiger partial charge on any atom is 0.267 e. The Bertz CT molecular complexity index is 1170. The number of carbonyl (C=O) groups excluding carboxylic acids is 2. The second-order valence-corrected chi connectivity index (χ2v) is 9.25. The number of methoxy groups -OCH3 is 1. The van der Waals surface area contributed by atoms with Crippen LogP contribution in [0.1, 0.15) is 18.4 Å². The van der Waals surface area contributed by atoms with Crippen molar-refractivity contribution in [3.05, 3.63) is 45.2 Å². The number of hydrogen-bond donors (Lipinski definition) is 1. The molecule has 2 saturated heterocycles. The molecule has 0 aromatic carbocycles. The van der Waals surface area contributed by atoms with Crippen LogP contribution in [0.15, 0.2) is 34.1 Å². The number of fused-ring (bicyclic) bond motifs is 1. The van der Waals surface area contributed by atoms with E-state index in [2.05, 4.69) is 0 Å². The molecule has 4 heterocycles. The van der Waals surface area contributed by atoms with Gasteiger partial charge in [0.05, 0.1) is 23.6 Å². The van der Waals surface area contributed by atoms with Crippen molar-refractivity contribution in [3.8, 4) is 0 Å². The van der Waals surface area contributed by atoms with E-state index >= 15 is 0 Å². The first-order valence-electron chi connectivity index (χ1n) is 10.2. The fourth-order valence-corrected chi connectivity index (χ4v) is 5.13. The van der Waals surface area contributed by atoms with Crippen molar-refractivity contribution < 1.29 is 14.3 Å². The van der Waals surface area contributed by atoms with Crippen LogP contribution in [0.25, 0.3) is 11.7 Å². The van der Waals surface area contributed by atoms with E-state index in [1.165, 1.54) is 9.30 Å². The van der Waals surface area contributed by atoms with Gasteiger partial charge < -0.3 is 15.4 Å². The summed E-state index contributed by atoms with van der Waals surface area (Å²) in [6, 6.07) is 5.32. The van der Waals surface area contributed by atoms with E-state index in [1.54, 1.807) is 31.5 Å². The molecule has 2 N–H and O–H groups in total. The molecule has 0 spiro atoms. The van der Waals surface area contributed by atoms with Gasteiger partial charge in [0.15, 0.2) is 0 Å².